The summed E-state index contributed by atoms with van der Waals surface area (Å²) in [6.45, 7) is 6.88. The lowest BCUT2D eigenvalue weighted by Crippen LogP contribution is -2.19. The highest BCUT2D eigenvalue weighted by atomic mass is 14.4. The van der Waals surface area contributed by atoms with Gasteiger partial charge < -0.3 is 0 Å². The van der Waals surface area contributed by atoms with Gasteiger partial charge in [-0.2, -0.15) is 0 Å². The number of aryl methyl sites for hydroxylation is 2. The molecule has 19 heavy (non-hydrogen) atoms. The molecule has 0 spiro atoms. The summed E-state index contributed by atoms with van der Waals surface area (Å²) in [4.78, 5) is 0. The number of fused-ring (bicyclic) bond motifs is 1. The molecule has 0 N–H and O–H groups in total. The van der Waals surface area contributed by atoms with Gasteiger partial charge in [-0.1, -0.05) is 49.4 Å². The fraction of sp³-hybridized carbons (Fsp3) is 0.368. The van der Waals surface area contributed by atoms with Crippen LogP contribution >= 0.6 is 0 Å². The smallest absolute Gasteiger partial charge is 0.0204 e. The van der Waals surface area contributed by atoms with Gasteiger partial charge in [0.2, 0.25) is 0 Å². The fourth-order valence-corrected chi connectivity index (χ4v) is 3.46. The van der Waals surface area contributed by atoms with Crippen LogP contribution in [0.25, 0.3) is 0 Å². The van der Waals surface area contributed by atoms with Crippen LogP contribution in [0.2, 0.25) is 0 Å². The summed E-state index contributed by atoms with van der Waals surface area (Å²) in [6, 6.07) is 15.7. The number of rotatable bonds is 2. The zero-order chi connectivity index (χ0) is 13.5. The Hall–Kier alpha value is -1.56. The Bertz CT molecular complexity index is 562. The van der Waals surface area contributed by atoms with E-state index in [9.17, 15) is 0 Å². The normalized spacial score (nSPS) is 16.4. The van der Waals surface area contributed by atoms with Crippen molar-refractivity contribution in [2.75, 3.05) is 0 Å². The lowest BCUT2D eigenvalue weighted by Gasteiger charge is -2.23. The maximum Gasteiger partial charge on any atom is -0.0204 e. The van der Waals surface area contributed by atoms with E-state index in [1.165, 1.54) is 36.0 Å². The molecule has 0 bridgehead atoms. The molecule has 0 radical (unpaired) electrons. The van der Waals surface area contributed by atoms with Gasteiger partial charge in [0.1, 0.15) is 0 Å². The van der Waals surface area contributed by atoms with Gasteiger partial charge in [-0.25, -0.2) is 0 Å². The van der Waals surface area contributed by atoms with Crippen LogP contribution < -0.4 is 0 Å². The minimum atomic E-state index is 0.393. The SMILES string of the molecule is Cc1cc2c(cc1C)CC(C)(Cc1ccccc1)C2. The number of hydrogen-bond acceptors (Lipinski definition) is 0. The van der Waals surface area contributed by atoms with E-state index in [-0.39, 0.29) is 0 Å². The van der Waals surface area contributed by atoms with E-state index in [0.717, 1.165) is 0 Å². The first-order chi connectivity index (χ1) is 9.06. The zero-order valence-corrected chi connectivity index (χ0v) is 12.2. The number of hydrogen-bond donors (Lipinski definition) is 0. The third-order valence-electron chi connectivity index (χ3n) is 4.52. The molecule has 0 nitrogen and oxygen atoms in total. The highest BCUT2D eigenvalue weighted by Crippen LogP contribution is 2.40. The van der Waals surface area contributed by atoms with Gasteiger partial charge in [-0.05, 0) is 66.3 Å². The summed E-state index contributed by atoms with van der Waals surface area (Å²) < 4.78 is 0. The highest BCUT2D eigenvalue weighted by molar-refractivity contribution is 5.42. The van der Waals surface area contributed by atoms with E-state index in [2.05, 4.69) is 63.2 Å². The van der Waals surface area contributed by atoms with Crippen molar-refractivity contribution >= 4 is 0 Å². The quantitative estimate of drug-likeness (QED) is 0.727. The molecule has 1 aliphatic carbocycles. The van der Waals surface area contributed by atoms with Crippen molar-refractivity contribution in [2.24, 2.45) is 5.41 Å². The highest BCUT2D eigenvalue weighted by Gasteiger charge is 2.33. The summed E-state index contributed by atoms with van der Waals surface area (Å²) in [6.07, 6.45) is 3.62. The lowest BCUT2D eigenvalue weighted by molar-refractivity contribution is 0.343. The van der Waals surface area contributed by atoms with Crippen LogP contribution in [0.3, 0.4) is 0 Å². The molecule has 2 aromatic carbocycles. The van der Waals surface area contributed by atoms with Crippen LogP contribution in [0, 0.1) is 19.3 Å². The Morgan fingerprint density at radius 1 is 0.895 bits per heavy atom. The molecule has 0 fully saturated rings. The molecule has 0 saturated carbocycles. The van der Waals surface area contributed by atoms with E-state index in [4.69, 9.17) is 0 Å². The van der Waals surface area contributed by atoms with E-state index in [1.807, 2.05) is 0 Å². The Morgan fingerprint density at radius 3 is 1.95 bits per heavy atom. The van der Waals surface area contributed by atoms with Crippen LogP contribution in [-0.2, 0) is 19.3 Å². The zero-order valence-electron chi connectivity index (χ0n) is 12.2. The van der Waals surface area contributed by atoms with Crippen molar-refractivity contribution in [1.82, 2.24) is 0 Å². The summed E-state index contributed by atoms with van der Waals surface area (Å²) in [5, 5.41) is 0. The monoisotopic (exact) mass is 250 g/mol. The maximum absolute atomic E-state index is 2.44. The molecule has 1 aliphatic rings. The Kier molecular flexibility index (Phi) is 2.97. The van der Waals surface area contributed by atoms with Crippen LogP contribution in [0.15, 0.2) is 42.5 Å². The second kappa shape index (κ2) is 4.52. The largest absolute Gasteiger partial charge is 0.0622 e. The van der Waals surface area contributed by atoms with Crippen LogP contribution in [0.5, 0.6) is 0 Å². The Balaban J connectivity index is 1.86. The van der Waals surface area contributed by atoms with E-state index in [1.54, 1.807) is 11.1 Å². The first-order valence-electron chi connectivity index (χ1n) is 7.19. The predicted octanol–water partition coefficient (Wildman–Crippen LogP) is 4.65. The third-order valence-corrected chi connectivity index (χ3v) is 4.52. The van der Waals surface area contributed by atoms with Gasteiger partial charge >= 0.3 is 0 Å². The molecule has 0 atom stereocenters. The van der Waals surface area contributed by atoms with Gasteiger partial charge in [0.25, 0.3) is 0 Å². The summed E-state index contributed by atoms with van der Waals surface area (Å²) in [5.41, 5.74) is 7.86. The molecule has 0 heteroatoms. The van der Waals surface area contributed by atoms with Crippen LogP contribution in [-0.4, -0.2) is 0 Å². The molecule has 0 unspecified atom stereocenters. The van der Waals surface area contributed by atoms with E-state index in [0.29, 0.717) is 5.41 Å². The third kappa shape index (κ3) is 2.45. The first-order valence-corrected chi connectivity index (χ1v) is 7.19. The van der Waals surface area contributed by atoms with Crippen LogP contribution in [0.1, 0.15) is 34.7 Å². The van der Waals surface area contributed by atoms with Crippen molar-refractivity contribution in [3.8, 4) is 0 Å². The maximum atomic E-state index is 2.44. The Labute approximate surface area is 116 Å². The average Bonchev–Trinajstić information content (AvgIpc) is 2.66. The molecule has 0 amide bonds. The molecular formula is C19H22. The summed E-state index contributed by atoms with van der Waals surface area (Å²) in [7, 11) is 0. The second-order valence-electron chi connectivity index (χ2n) is 6.53. The lowest BCUT2D eigenvalue weighted by atomic mass is 9.81. The standard InChI is InChI=1S/C19H22/c1-14-9-17-12-19(3,13-18(17)10-15(14)2)11-16-7-5-4-6-8-16/h4-10H,11-13H2,1-3H3. The van der Waals surface area contributed by atoms with Gasteiger partial charge in [0, 0.05) is 0 Å². The van der Waals surface area contributed by atoms with Crippen molar-refractivity contribution in [2.45, 2.75) is 40.0 Å². The van der Waals surface area contributed by atoms with E-state index < -0.39 is 0 Å². The fourth-order valence-electron chi connectivity index (χ4n) is 3.46. The minimum absolute atomic E-state index is 0.393. The van der Waals surface area contributed by atoms with Crippen molar-refractivity contribution in [1.29, 1.82) is 0 Å². The first kappa shape index (κ1) is 12.5. The summed E-state index contributed by atoms with van der Waals surface area (Å²) in [5.74, 6) is 0. The predicted molar refractivity (Wildman–Crippen MR) is 81.6 cm³/mol. The van der Waals surface area contributed by atoms with Gasteiger partial charge in [0.05, 0.1) is 0 Å². The topological polar surface area (TPSA) is 0 Å². The molecule has 2 aromatic rings. The molecule has 0 aromatic heterocycles. The number of benzene rings is 2. The van der Waals surface area contributed by atoms with Crippen LogP contribution in [0.4, 0.5) is 0 Å². The second-order valence-corrected chi connectivity index (χ2v) is 6.53. The molecule has 0 aliphatic heterocycles. The van der Waals surface area contributed by atoms with Crippen molar-refractivity contribution < 1.29 is 0 Å². The van der Waals surface area contributed by atoms with Crippen molar-refractivity contribution in [3.63, 3.8) is 0 Å². The molecule has 0 heterocycles. The molecular weight excluding hydrogens is 228 g/mol. The average molecular weight is 250 g/mol. The van der Waals surface area contributed by atoms with Gasteiger partial charge in [-0.15, -0.1) is 0 Å². The minimum Gasteiger partial charge on any atom is -0.0622 e. The summed E-state index contributed by atoms with van der Waals surface area (Å²) >= 11 is 0. The van der Waals surface area contributed by atoms with E-state index >= 15 is 0 Å². The molecule has 3 rings (SSSR count). The Morgan fingerprint density at radius 2 is 1.42 bits per heavy atom. The molecule has 0 saturated heterocycles. The van der Waals surface area contributed by atoms with Gasteiger partial charge in [0.15, 0.2) is 0 Å². The van der Waals surface area contributed by atoms with Gasteiger partial charge in [-0.3, -0.25) is 0 Å². The van der Waals surface area contributed by atoms with Crippen molar-refractivity contribution in [3.05, 3.63) is 70.3 Å². The molecule has 98 valence electrons.